The Labute approximate surface area is 118 Å². The summed E-state index contributed by atoms with van der Waals surface area (Å²) in [7, 11) is 0. The molecule has 0 saturated carbocycles. The van der Waals surface area contributed by atoms with Crippen LogP contribution in [0.5, 0.6) is 0 Å². The van der Waals surface area contributed by atoms with Crippen LogP contribution in [0.25, 0.3) is 0 Å². The van der Waals surface area contributed by atoms with Crippen LogP contribution in [-0.2, 0) is 4.79 Å². The van der Waals surface area contributed by atoms with Gasteiger partial charge in [0.2, 0.25) is 5.91 Å². The van der Waals surface area contributed by atoms with E-state index >= 15 is 0 Å². The van der Waals surface area contributed by atoms with Crippen molar-refractivity contribution in [3.8, 4) is 0 Å². The molecule has 2 heterocycles. The van der Waals surface area contributed by atoms with Crippen LogP contribution in [0.1, 0.15) is 43.5 Å². The van der Waals surface area contributed by atoms with Gasteiger partial charge in [-0.1, -0.05) is 13.3 Å². The van der Waals surface area contributed by atoms with E-state index in [-0.39, 0.29) is 11.9 Å². The summed E-state index contributed by atoms with van der Waals surface area (Å²) in [5.74, 6) is 0.597. The Hall–Kier alpha value is -2.11. The minimum atomic E-state index is -0.0215. The van der Waals surface area contributed by atoms with Crippen LogP contribution in [0.2, 0.25) is 0 Å². The highest BCUT2D eigenvalue weighted by Gasteiger charge is 2.16. The summed E-state index contributed by atoms with van der Waals surface area (Å²) in [5.41, 5.74) is 1.95. The summed E-state index contributed by atoms with van der Waals surface area (Å²) < 4.78 is 1.99. The minimum Gasteiger partial charge on any atom is -0.334 e. The molecule has 2 aromatic rings. The van der Waals surface area contributed by atoms with E-state index in [2.05, 4.69) is 27.4 Å². The first-order valence-electron chi connectivity index (χ1n) is 6.90. The van der Waals surface area contributed by atoms with Gasteiger partial charge in [-0.25, -0.2) is 4.98 Å². The van der Waals surface area contributed by atoms with Crippen molar-refractivity contribution in [1.82, 2.24) is 19.7 Å². The third kappa shape index (κ3) is 3.26. The van der Waals surface area contributed by atoms with Crippen LogP contribution in [-0.4, -0.2) is 25.7 Å². The van der Waals surface area contributed by atoms with E-state index in [1.807, 2.05) is 24.6 Å². The van der Waals surface area contributed by atoms with Crippen LogP contribution in [0.15, 0.2) is 18.7 Å². The monoisotopic (exact) mass is 275 g/mol. The van der Waals surface area contributed by atoms with Crippen LogP contribution in [0, 0.1) is 13.8 Å². The van der Waals surface area contributed by atoms with E-state index in [9.17, 15) is 4.79 Å². The number of aromatic amines is 1. The van der Waals surface area contributed by atoms with Gasteiger partial charge in [-0.15, -0.1) is 0 Å². The Morgan fingerprint density at radius 2 is 2.30 bits per heavy atom. The molecule has 0 radical (unpaired) electrons. The summed E-state index contributed by atoms with van der Waals surface area (Å²) in [6.45, 7) is 5.99. The number of aromatic nitrogens is 4. The summed E-state index contributed by atoms with van der Waals surface area (Å²) in [6, 6.07) is 0.142. The highest BCUT2D eigenvalue weighted by molar-refractivity contribution is 5.90. The topological polar surface area (TPSA) is 75.6 Å². The number of rotatable bonds is 6. The maximum atomic E-state index is 12.2. The molecule has 2 aromatic heterocycles. The van der Waals surface area contributed by atoms with E-state index < -0.39 is 0 Å². The molecular weight excluding hydrogens is 254 g/mol. The van der Waals surface area contributed by atoms with Gasteiger partial charge in [-0.3, -0.25) is 9.89 Å². The van der Waals surface area contributed by atoms with Gasteiger partial charge in [0.05, 0.1) is 6.33 Å². The normalized spacial score (nSPS) is 12.3. The van der Waals surface area contributed by atoms with Gasteiger partial charge in [0.25, 0.3) is 0 Å². The number of aryl methyl sites for hydroxylation is 1. The molecule has 6 nitrogen and oxygen atoms in total. The molecule has 1 amide bonds. The number of hydrogen-bond donors (Lipinski definition) is 2. The third-order valence-electron chi connectivity index (χ3n) is 3.50. The van der Waals surface area contributed by atoms with Gasteiger partial charge in [0.15, 0.2) is 5.82 Å². The van der Waals surface area contributed by atoms with Gasteiger partial charge in [-0.05, 0) is 20.3 Å². The molecule has 0 aromatic carbocycles. The van der Waals surface area contributed by atoms with Crippen molar-refractivity contribution in [3.63, 3.8) is 0 Å². The number of anilines is 1. The molecule has 0 fully saturated rings. The second-order valence-corrected chi connectivity index (χ2v) is 5.03. The lowest BCUT2D eigenvalue weighted by molar-refractivity contribution is -0.117. The fourth-order valence-electron chi connectivity index (χ4n) is 2.18. The summed E-state index contributed by atoms with van der Waals surface area (Å²) in [6.07, 6.45) is 7.80. The first-order chi connectivity index (χ1) is 9.61. The van der Waals surface area contributed by atoms with E-state index in [4.69, 9.17) is 0 Å². The first-order valence-corrected chi connectivity index (χ1v) is 6.90. The Kier molecular flexibility index (Phi) is 4.55. The van der Waals surface area contributed by atoms with E-state index in [1.165, 1.54) is 0 Å². The van der Waals surface area contributed by atoms with Crippen molar-refractivity contribution in [1.29, 1.82) is 0 Å². The smallest absolute Gasteiger partial charge is 0.227 e. The third-order valence-corrected chi connectivity index (χ3v) is 3.50. The lowest BCUT2D eigenvalue weighted by atomic mass is 10.1. The van der Waals surface area contributed by atoms with Gasteiger partial charge < -0.3 is 9.88 Å². The maximum absolute atomic E-state index is 12.2. The van der Waals surface area contributed by atoms with Crippen molar-refractivity contribution < 1.29 is 4.79 Å². The van der Waals surface area contributed by atoms with Crippen LogP contribution in [0.4, 0.5) is 5.82 Å². The van der Waals surface area contributed by atoms with E-state index in [0.717, 1.165) is 24.1 Å². The summed E-state index contributed by atoms with van der Waals surface area (Å²) >= 11 is 0. The predicted octanol–water partition coefficient (Wildman–Crippen LogP) is 2.59. The van der Waals surface area contributed by atoms with Gasteiger partial charge in [0, 0.05) is 36.1 Å². The van der Waals surface area contributed by atoms with E-state index in [0.29, 0.717) is 12.2 Å². The Balaban J connectivity index is 2.00. The van der Waals surface area contributed by atoms with Crippen LogP contribution >= 0.6 is 0 Å². The van der Waals surface area contributed by atoms with Crippen molar-refractivity contribution in [2.24, 2.45) is 0 Å². The van der Waals surface area contributed by atoms with Crippen molar-refractivity contribution in [3.05, 3.63) is 30.0 Å². The lowest BCUT2D eigenvalue weighted by Crippen LogP contribution is -2.19. The molecule has 108 valence electrons. The zero-order chi connectivity index (χ0) is 14.5. The molecule has 0 aliphatic carbocycles. The zero-order valence-corrected chi connectivity index (χ0v) is 12.2. The van der Waals surface area contributed by atoms with Gasteiger partial charge in [-0.2, -0.15) is 5.10 Å². The molecule has 0 saturated heterocycles. The van der Waals surface area contributed by atoms with Crippen molar-refractivity contribution in [2.75, 3.05) is 5.32 Å². The Morgan fingerprint density at radius 1 is 1.50 bits per heavy atom. The number of carbonyl (C=O) groups excluding carboxylic acids is 1. The number of nitrogens with one attached hydrogen (secondary N) is 2. The largest absolute Gasteiger partial charge is 0.334 e. The average molecular weight is 275 g/mol. The fourth-order valence-corrected chi connectivity index (χ4v) is 2.18. The standard InChI is InChI=1S/C14H21N5O/c1-4-5-12(19-7-6-15-9-19)8-13(20)16-14-10(2)11(3)17-18-14/h6-7,9,12H,4-5,8H2,1-3H3,(H2,16,17,18,20). The second kappa shape index (κ2) is 6.36. The molecule has 0 bridgehead atoms. The number of imidazole rings is 1. The highest BCUT2D eigenvalue weighted by Crippen LogP contribution is 2.20. The van der Waals surface area contributed by atoms with Crippen molar-refractivity contribution >= 4 is 11.7 Å². The maximum Gasteiger partial charge on any atom is 0.227 e. The highest BCUT2D eigenvalue weighted by atomic mass is 16.1. The molecule has 20 heavy (non-hydrogen) atoms. The molecule has 1 unspecified atom stereocenters. The number of amides is 1. The average Bonchev–Trinajstić information content (AvgIpc) is 3.04. The van der Waals surface area contributed by atoms with E-state index in [1.54, 1.807) is 12.5 Å². The predicted molar refractivity (Wildman–Crippen MR) is 77.5 cm³/mol. The summed E-state index contributed by atoms with van der Waals surface area (Å²) in [5, 5.41) is 9.83. The SMILES string of the molecule is CCCC(CC(=O)Nc1n[nH]c(C)c1C)n1ccnc1. The van der Waals surface area contributed by atoms with Gasteiger partial charge >= 0.3 is 0 Å². The zero-order valence-electron chi connectivity index (χ0n) is 12.2. The first kappa shape index (κ1) is 14.3. The second-order valence-electron chi connectivity index (χ2n) is 5.03. The number of nitrogens with zero attached hydrogens (tertiary/aromatic N) is 3. The number of carbonyl (C=O) groups is 1. The van der Waals surface area contributed by atoms with Gasteiger partial charge in [0.1, 0.15) is 0 Å². The summed E-state index contributed by atoms with van der Waals surface area (Å²) in [4.78, 5) is 16.2. The number of hydrogen-bond acceptors (Lipinski definition) is 3. The lowest BCUT2D eigenvalue weighted by Gasteiger charge is -2.17. The minimum absolute atomic E-state index is 0.0215. The molecule has 2 N–H and O–H groups in total. The number of H-pyrrole nitrogens is 1. The molecular formula is C14H21N5O. The Morgan fingerprint density at radius 3 is 2.85 bits per heavy atom. The van der Waals surface area contributed by atoms with Crippen LogP contribution < -0.4 is 5.32 Å². The fraction of sp³-hybridized carbons (Fsp3) is 0.500. The molecule has 2 rings (SSSR count). The molecule has 0 aliphatic rings. The molecule has 1 atom stereocenters. The Bertz CT molecular complexity index is 558. The molecule has 0 aliphatic heterocycles. The quantitative estimate of drug-likeness (QED) is 0.850. The molecule has 6 heteroatoms. The molecule has 0 spiro atoms. The van der Waals surface area contributed by atoms with Crippen molar-refractivity contribution in [2.45, 2.75) is 46.1 Å². The van der Waals surface area contributed by atoms with Crippen LogP contribution in [0.3, 0.4) is 0 Å².